The number of pyridine rings is 1. The number of methoxy groups -OCH3 is 1. The third-order valence-electron chi connectivity index (χ3n) is 5.67. The van der Waals surface area contributed by atoms with Crippen LogP contribution in [0.1, 0.15) is 29.8 Å². The number of alkyl halides is 3. The van der Waals surface area contributed by atoms with Gasteiger partial charge in [-0.1, -0.05) is 0 Å². The fourth-order valence-corrected chi connectivity index (χ4v) is 3.49. The summed E-state index contributed by atoms with van der Waals surface area (Å²) in [6.45, 7) is 9.64. The minimum atomic E-state index is -4.96. The fourth-order valence-electron chi connectivity index (χ4n) is 3.49. The van der Waals surface area contributed by atoms with Crippen molar-refractivity contribution in [3.05, 3.63) is 77.2 Å². The molecule has 0 spiro atoms. The summed E-state index contributed by atoms with van der Waals surface area (Å²) in [4.78, 5) is 36.9. The predicted octanol–water partition coefficient (Wildman–Crippen LogP) is 4.40. The third-order valence-corrected chi connectivity index (χ3v) is 5.67. The Morgan fingerprint density at radius 2 is 1.90 bits per heavy atom. The molecule has 0 bridgehead atoms. The van der Waals surface area contributed by atoms with Crippen LogP contribution < -0.4 is 20.1 Å². The van der Waals surface area contributed by atoms with Crippen molar-refractivity contribution in [3.63, 3.8) is 0 Å². The summed E-state index contributed by atoms with van der Waals surface area (Å²) in [5, 5.41) is 9.44. The maximum absolute atomic E-state index is 14.2. The van der Waals surface area contributed by atoms with Crippen LogP contribution in [0.3, 0.4) is 0 Å². The topological polar surface area (TPSA) is 124 Å². The van der Waals surface area contributed by atoms with Gasteiger partial charge >= 0.3 is 17.8 Å². The van der Waals surface area contributed by atoms with E-state index in [1.807, 2.05) is 0 Å². The van der Waals surface area contributed by atoms with E-state index in [0.29, 0.717) is 16.9 Å². The molecule has 2 N–H and O–H groups in total. The summed E-state index contributed by atoms with van der Waals surface area (Å²) in [5.74, 6) is -2.63. The Morgan fingerprint density at radius 3 is 2.59 bits per heavy atom. The molecule has 11 nitrogen and oxygen atoms in total. The van der Waals surface area contributed by atoms with E-state index in [1.165, 1.54) is 43.9 Å². The van der Waals surface area contributed by atoms with Crippen LogP contribution in [0.25, 0.3) is 21.7 Å². The van der Waals surface area contributed by atoms with Crippen molar-refractivity contribution in [1.82, 2.24) is 24.9 Å². The highest BCUT2D eigenvalue weighted by atomic mass is 19.4. The number of ether oxygens (including phenoxy) is 2. The molecule has 15 heteroatoms. The van der Waals surface area contributed by atoms with Gasteiger partial charge < -0.3 is 25.0 Å². The summed E-state index contributed by atoms with van der Waals surface area (Å²) < 4.78 is 62.1. The van der Waals surface area contributed by atoms with Crippen LogP contribution in [0.4, 0.5) is 23.4 Å². The molecule has 0 aliphatic carbocycles. The van der Waals surface area contributed by atoms with Gasteiger partial charge in [-0.15, -0.1) is 13.2 Å². The lowest BCUT2D eigenvalue weighted by atomic mass is 10.1. The first-order valence-corrected chi connectivity index (χ1v) is 11.7. The minimum absolute atomic E-state index is 0.0463. The summed E-state index contributed by atoms with van der Waals surface area (Å²) in [6.07, 6.45) is -2.11. The van der Waals surface area contributed by atoms with Gasteiger partial charge in [0.2, 0.25) is 5.88 Å². The van der Waals surface area contributed by atoms with Gasteiger partial charge in [-0.05, 0) is 36.4 Å². The van der Waals surface area contributed by atoms with Gasteiger partial charge in [0.15, 0.2) is 11.5 Å². The molecule has 0 radical (unpaired) electrons. The van der Waals surface area contributed by atoms with Crippen LogP contribution in [0.5, 0.6) is 11.6 Å². The third kappa shape index (κ3) is 6.67. The second-order valence-electron chi connectivity index (χ2n) is 9.04. The lowest BCUT2D eigenvalue weighted by molar-refractivity contribution is -0.274. The number of imidazole rings is 1. The average Bonchev–Trinajstić information content (AvgIpc) is 3.33. The first-order valence-electron chi connectivity index (χ1n) is 11.7. The van der Waals surface area contributed by atoms with Crippen molar-refractivity contribution in [2.24, 2.45) is 0 Å². The van der Waals surface area contributed by atoms with Crippen LogP contribution in [-0.4, -0.2) is 50.4 Å². The SMILES string of the molecule is [C-]#[N+]C(C)(C)C(=O)Nc1cn2nc(-c3cnc(OC)c(C(=O)NCc4cc(OC(F)(F)F)ccc4F)c3)ccc2n1. The monoisotopic (exact) mass is 571 g/mol. The van der Waals surface area contributed by atoms with E-state index in [4.69, 9.17) is 11.3 Å². The highest BCUT2D eigenvalue weighted by Gasteiger charge is 2.34. The zero-order valence-corrected chi connectivity index (χ0v) is 21.7. The zero-order chi connectivity index (χ0) is 29.9. The second kappa shape index (κ2) is 11.1. The number of amides is 2. The van der Waals surface area contributed by atoms with Crippen molar-refractivity contribution in [2.45, 2.75) is 32.3 Å². The summed E-state index contributed by atoms with van der Waals surface area (Å²) in [5.41, 5.74) is -0.429. The summed E-state index contributed by atoms with van der Waals surface area (Å²) >= 11 is 0. The molecule has 0 fully saturated rings. The van der Waals surface area contributed by atoms with Crippen LogP contribution in [0.15, 0.2) is 48.8 Å². The molecule has 0 atom stereocenters. The van der Waals surface area contributed by atoms with Crippen LogP contribution >= 0.6 is 0 Å². The maximum atomic E-state index is 14.2. The summed E-state index contributed by atoms with van der Waals surface area (Å²) in [7, 11) is 1.29. The average molecular weight is 571 g/mol. The predicted molar refractivity (Wildman–Crippen MR) is 136 cm³/mol. The van der Waals surface area contributed by atoms with Crippen LogP contribution in [0, 0.1) is 12.4 Å². The van der Waals surface area contributed by atoms with Crippen molar-refractivity contribution in [3.8, 4) is 22.9 Å². The number of hydrogen-bond acceptors (Lipinski definition) is 7. The van der Waals surface area contributed by atoms with E-state index >= 15 is 0 Å². The number of nitrogens with zero attached hydrogens (tertiary/aromatic N) is 5. The Kier molecular flexibility index (Phi) is 7.77. The summed E-state index contributed by atoms with van der Waals surface area (Å²) in [6, 6.07) is 7.08. The minimum Gasteiger partial charge on any atom is -0.480 e. The van der Waals surface area contributed by atoms with Crippen molar-refractivity contribution in [1.29, 1.82) is 0 Å². The molecule has 0 saturated carbocycles. The molecule has 41 heavy (non-hydrogen) atoms. The number of halogens is 4. The van der Waals surface area contributed by atoms with Crippen molar-refractivity contribution in [2.75, 3.05) is 12.4 Å². The smallest absolute Gasteiger partial charge is 0.480 e. The lowest BCUT2D eigenvalue weighted by Crippen LogP contribution is -2.33. The molecule has 3 heterocycles. The first kappa shape index (κ1) is 28.7. The molecular weight excluding hydrogens is 550 g/mol. The molecule has 0 saturated heterocycles. The number of aromatic nitrogens is 4. The zero-order valence-electron chi connectivity index (χ0n) is 21.7. The molecule has 0 aliphatic heterocycles. The van der Waals surface area contributed by atoms with E-state index in [1.54, 1.807) is 12.1 Å². The number of fused-ring (bicyclic) bond motifs is 1. The molecule has 3 aromatic heterocycles. The molecule has 4 rings (SSSR count). The first-order chi connectivity index (χ1) is 19.3. The van der Waals surface area contributed by atoms with E-state index in [0.717, 1.165) is 18.2 Å². The van der Waals surface area contributed by atoms with E-state index < -0.39 is 41.8 Å². The Bertz CT molecular complexity index is 1680. The Morgan fingerprint density at radius 1 is 1.15 bits per heavy atom. The van der Waals surface area contributed by atoms with Gasteiger partial charge in [-0.2, -0.15) is 5.10 Å². The maximum Gasteiger partial charge on any atom is 0.573 e. The van der Waals surface area contributed by atoms with Crippen LogP contribution in [-0.2, 0) is 11.3 Å². The number of benzene rings is 1. The Balaban J connectivity index is 1.56. The normalized spacial score (nSPS) is 11.6. The number of carbonyl (C=O) groups excluding carboxylic acids is 2. The molecule has 212 valence electrons. The van der Waals surface area contributed by atoms with E-state index in [2.05, 4.69) is 35.3 Å². The van der Waals surface area contributed by atoms with Gasteiger partial charge in [0.05, 0.1) is 19.0 Å². The molecular formula is C26H21F4N7O4. The van der Waals surface area contributed by atoms with Gasteiger partial charge in [0.25, 0.3) is 5.91 Å². The quantitative estimate of drug-likeness (QED) is 0.237. The van der Waals surface area contributed by atoms with Crippen molar-refractivity contribution >= 4 is 23.3 Å². The number of anilines is 1. The Hall–Kier alpha value is -5.26. The lowest BCUT2D eigenvalue weighted by Gasteiger charge is -2.13. The van der Waals surface area contributed by atoms with E-state index in [9.17, 15) is 27.2 Å². The second-order valence-corrected chi connectivity index (χ2v) is 9.04. The molecule has 1 aromatic carbocycles. The largest absolute Gasteiger partial charge is 0.573 e. The number of carbonyl (C=O) groups is 2. The molecule has 0 unspecified atom stereocenters. The van der Waals surface area contributed by atoms with E-state index in [-0.39, 0.29) is 22.8 Å². The van der Waals surface area contributed by atoms with Gasteiger partial charge in [0.1, 0.15) is 17.1 Å². The highest BCUT2D eigenvalue weighted by Crippen LogP contribution is 2.26. The van der Waals surface area contributed by atoms with Crippen LogP contribution in [0.2, 0.25) is 0 Å². The molecule has 2 amide bonds. The van der Waals surface area contributed by atoms with Gasteiger partial charge in [-0.25, -0.2) is 25.4 Å². The highest BCUT2D eigenvalue weighted by molar-refractivity contribution is 5.98. The number of rotatable bonds is 8. The number of hydrogen-bond donors (Lipinski definition) is 2. The van der Waals surface area contributed by atoms with Gasteiger partial charge in [-0.3, -0.25) is 9.59 Å². The standard InChI is InChI=1S/C26H21F4N7O4/c1-25(2,31-3)24(39)35-20-13-37-21(34-20)8-7-19(36-37)15-10-17(23(40-4)33-12-15)22(38)32-11-14-9-16(5-6-18(14)27)41-26(28,29)30/h5-10,12-13H,11H2,1-2,4H3,(H,32,38)(H,35,39). The molecule has 4 aromatic rings. The Labute approximate surface area is 229 Å². The van der Waals surface area contributed by atoms with Gasteiger partial charge in [0, 0.05) is 37.7 Å². The number of nitrogens with one attached hydrogen (secondary N) is 2. The fraction of sp³-hybridized carbons (Fsp3) is 0.231. The van der Waals surface area contributed by atoms with Crippen molar-refractivity contribution < 1.29 is 36.6 Å². The molecule has 0 aliphatic rings.